The SMILES string of the molecule is COc1cc(/C=C2\SC(=O)N(CC(=O)N3CCCC3)C2=O)ccc1Oc1nc2c(c(=O)n(C)c(=O)n2C)n1Cc1ccc(Cl)cc1Cl. The second kappa shape index (κ2) is 12.9. The maximum absolute atomic E-state index is 13.3. The van der Waals surface area contributed by atoms with Crippen LogP contribution in [0.3, 0.4) is 0 Å². The number of methoxy groups -OCH3 is 1. The average Bonchev–Trinajstić information content (AvgIpc) is 3.77. The number of aromatic nitrogens is 4. The molecule has 4 aromatic rings. The first-order valence-corrected chi connectivity index (χ1v) is 16.0. The highest BCUT2D eigenvalue weighted by Gasteiger charge is 2.37. The van der Waals surface area contributed by atoms with Gasteiger partial charge in [-0.3, -0.25) is 37.8 Å². The number of amides is 3. The monoisotopic (exact) mass is 698 g/mol. The molecule has 2 aromatic carbocycles. The van der Waals surface area contributed by atoms with Crippen LogP contribution in [0.5, 0.6) is 17.5 Å². The van der Waals surface area contributed by atoms with Crippen LogP contribution in [0.1, 0.15) is 24.0 Å². The third-order valence-electron chi connectivity index (χ3n) is 7.97. The molecule has 2 aromatic heterocycles. The van der Waals surface area contributed by atoms with E-state index >= 15 is 0 Å². The number of hydrogen-bond acceptors (Lipinski definition) is 9. The van der Waals surface area contributed by atoms with Crippen LogP contribution in [-0.2, 0) is 30.2 Å². The molecule has 47 heavy (non-hydrogen) atoms. The van der Waals surface area contributed by atoms with Gasteiger partial charge in [-0.25, -0.2) is 4.79 Å². The fourth-order valence-electron chi connectivity index (χ4n) is 5.42. The Hall–Kier alpha value is -4.53. The van der Waals surface area contributed by atoms with Crippen molar-refractivity contribution in [2.24, 2.45) is 14.1 Å². The number of nitrogens with zero attached hydrogens (tertiary/aromatic N) is 6. The van der Waals surface area contributed by atoms with Crippen LogP contribution in [0, 0.1) is 0 Å². The second-order valence-corrected chi connectivity index (χ2v) is 12.8. The van der Waals surface area contributed by atoms with Gasteiger partial charge in [-0.15, -0.1) is 0 Å². The van der Waals surface area contributed by atoms with E-state index in [1.807, 2.05) is 0 Å². The summed E-state index contributed by atoms with van der Waals surface area (Å²) in [6.45, 7) is 1.01. The molecule has 244 valence electrons. The van der Waals surface area contributed by atoms with Crippen molar-refractivity contribution in [1.82, 2.24) is 28.5 Å². The number of likely N-dealkylation sites (tertiary alicyclic amines) is 1. The Morgan fingerprint density at radius 2 is 1.74 bits per heavy atom. The minimum atomic E-state index is -0.575. The molecule has 4 heterocycles. The molecular formula is C31H28Cl2N6O7S. The van der Waals surface area contributed by atoms with Gasteiger partial charge in [0.2, 0.25) is 5.91 Å². The van der Waals surface area contributed by atoms with Crippen molar-refractivity contribution < 1.29 is 23.9 Å². The van der Waals surface area contributed by atoms with Gasteiger partial charge in [0.25, 0.3) is 16.7 Å². The van der Waals surface area contributed by atoms with Crippen LogP contribution in [-0.4, -0.2) is 72.3 Å². The highest BCUT2D eigenvalue weighted by atomic mass is 35.5. The molecule has 0 unspecified atom stereocenters. The van der Waals surface area contributed by atoms with E-state index in [9.17, 15) is 24.0 Å². The lowest BCUT2D eigenvalue weighted by molar-refractivity contribution is -0.135. The van der Waals surface area contributed by atoms with Gasteiger partial charge in [-0.1, -0.05) is 35.3 Å². The number of ether oxygens (including phenoxy) is 2. The molecule has 6 rings (SSSR count). The standard InChI is InChI=1S/C31H28Cl2N6O7S/c1-35-26-25(28(42)36(2)30(35)43)38(15-18-7-8-19(32)14-20(18)33)29(34-26)46-21-9-6-17(12-22(21)45-3)13-23-27(41)39(31(44)47-23)16-24(40)37-10-4-5-11-37/h6-9,12-14H,4-5,10-11,15-16H2,1-3H3/b23-13-. The minimum Gasteiger partial charge on any atom is -0.493 e. The maximum Gasteiger partial charge on any atom is 0.332 e. The van der Waals surface area contributed by atoms with Crippen LogP contribution in [0.4, 0.5) is 4.79 Å². The molecule has 0 N–H and O–H groups in total. The molecule has 2 aliphatic heterocycles. The van der Waals surface area contributed by atoms with Crippen LogP contribution in [0.25, 0.3) is 17.2 Å². The van der Waals surface area contributed by atoms with Gasteiger partial charge in [0.1, 0.15) is 6.54 Å². The van der Waals surface area contributed by atoms with E-state index in [4.69, 9.17) is 32.7 Å². The van der Waals surface area contributed by atoms with Crippen molar-refractivity contribution >= 4 is 69.3 Å². The van der Waals surface area contributed by atoms with E-state index in [0.717, 1.165) is 34.1 Å². The highest BCUT2D eigenvalue weighted by Crippen LogP contribution is 2.37. The number of carbonyl (C=O) groups is 3. The normalized spacial score (nSPS) is 15.8. The van der Waals surface area contributed by atoms with E-state index in [2.05, 4.69) is 4.98 Å². The van der Waals surface area contributed by atoms with Gasteiger partial charge in [-0.05, 0) is 66.1 Å². The summed E-state index contributed by atoms with van der Waals surface area (Å²) in [6, 6.07) is 9.79. The summed E-state index contributed by atoms with van der Waals surface area (Å²) < 4.78 is 15.5. The molecule has 0 spiro atoms. The van der Waals surface area contributed by atoms with Gasteiger partial charge in [0, 0.05) is 37.2 Å². The van der Waals surface area contributed by atoms with Crippen LogP contribution < -0.4 is 20.7 Å². The van der Waals surface area contributed by atoms with Crippen LogP contribution >= 0.6 is 35.0 Å². The van der Waals surface area contributed by atoms with Crippen molar-refractivity contribution in [3.05, 3.63) is 83.3 Å². The van der Waals surface area contributed by atoms with E-state index < -0.39 is 22.4 Å². The maximum atomic E-state index is 13.3. The van der Waals surface area contributed by atoms with E-state index in [1.54, 1.807) is 41.3 Å². The number of thioether (sulfide) groups is 1. The molecule has 3 amide bonds. The number of hydrogen-bond donors (Lipinski definition) is 0. The largest absolute Gasteiger partial charge is 0.493 e. The topological polar surface area (TPSA) is 138 Å². The Kier molecular flexibility index (Phi) is 8.92. The summed E-state index contributed by atoms with van der Waals surface area (Å²) in [5, 5.41) is 0.286. The number of benzene rings is 2. The van der Waals surface area contributed by atoms with E-state index in [-0.39, 0.29) is 52.6 Å². The average molecular weight is 700 g/mol. The van der Waals surface area contributed by atoms with Gasteiger partial charge in [0.15, 0.2) is 22.7 Å². The number of imidazole rings is 1. The molecule has 13 nitrogen and oxygen atoms in total. The first-order chi connectivity index (χ1) is 22.5. The lowest BCUT2D eigenvalue weighted by atomic mass is 10.2. The van der Waals surface area contributed by atoms with Gasteiger partial charge in [0.05, 0.1) is 18.6 Å². The number of fused-ring (bicyclic) bond motifs is 1. The van der Waals surface area contributed by atoms with Crippen molar-refractivity contribution in [2.75, 3.05) is 26.7 Å². The molecule has 0 atom stereocenters. The zero-order chi connectivity index (χ0) is 33.6. The summed E-state index contributed by atoms with van der Waals surface area (Å²) in [4.78, 5) is 71.6. The second-order valence-electron chi connectivity index (χ2n) is 11.0. The lowest BCUT2D eigenvalue weighted by Gasteiger charge is -2.18. The molecule has 0 radical (unpaired) electrons. The third-order valence-corrected chi connectivity index (χ3v) is 9.46. The highest BCUT2D eigenvalue weighted by molar-refractivity contribution is 8.18. The number of carbonyl (C=O) groups excluding carboxylic acids is 3. The quantitative estimate of drug-likeness (QED) is 0.247. The Morgan fingerprint density at radius 1 is 1.00 bits per heavy atom. The Bertz CT molecular complexity index is 2120. The van der Waals surface area contributed by atoms with Crippen molar-refractivity contribution in [2.45, 2.75) is 19.4 Å². The summed E-state index contributed by atoms with van der Waals surface area (Å²) in [5.41, 5.74) is 0.236. The number of halogens is 2. The summed E-state index contributed by atoms with van der Waals surface area (Å²) in [5.74, 6) is -0.327. The number of imide groups is 1. The minimum absolute atomic E-state index is 0.0147. The molecule has 0 bridgehead atoms. The fourth-order valence-corrected chi connectivity index (χ4v) is 6.72. The third kappa shape index (κ3) is 6.15. The molecule has 0 aliphatic carbocycles. The predicted octanol–water partition coefficient (Wildman–Crippen LogP) is 4.25. The first-order valence-electron chi connectivity index (χ1n) is 14.5. The summed E-state index contributed by atoms with van der Waals surface area (Å²) >= 11 is 13.3. The van der Waals surface area contributed by atoms with Crippen molar-refractivity contribution in [3.63, 3.8) is 0 Å². The molecule has 2 fully saturated rings. The first kappa shape index (κ1) is 32.4. The van der Waals surface area contributed by atoms with Gasteiger partial charge < -0.3 is 14.4 Å². The van der Waals surface area contributed by atoms with Crippen molar-refractivity contribution in [3.8, 4) is 17.5 Å². The molecular weight excluding hydrogens is 671 g/mol. The fraction of sp³-hybridized carbons (Fsp3) is 0.290. The van der Waals surface area contributed by atoms with E-state index in [1.165, 1.54) is 36.4 Å². The Morgan fingerprint density at radius 3 is 2.45 bits per heavy atom. The van der Waals surface area contributed by atoms with E-state index in [0.29, 0.717) is 34.3 Å². The summed E-state index contributed by atoms with van der Waals surface area (Å²) in [7, 11) is 4.30. The molecule has 16 heteroatoms. The smallest absolute Gasteiger partial charge is 0.332 e. The molecule has 2 aliphatic rings. The zero-order valence-electron chi connectivity index (χ0n) is 25.5. The number of rotatable bonds is 8. The van der Waals surface area contributed by atoms with Crippen molar-refractivity contribution in [1.29, 1.82) is 0 Å². The van der Waals surface area contributed by atoms with Crippen LogP contribution in [0.2, 0.25) is 10.0 Å². The lowest BCUT2D eigenvalue weighted by Crippen LogP contribution is -2.40. The molecule has 0 saturated carbocycles. The number of aryl methyl sites for hydroxylation is 1. The Labute approximate surface area is 281 Å². The van der Waals surface area contributed by atoms with Gasteiger partial charge in [-0.2, -0.15) is 4.98 Å². The summed E-state index contributed by atoms with van der Waals surface area (Å²) in [6.07, 6.45) is 3.35. The molecule has 2 saturated heterocycles. The Balaban J connectivity index is 1.33. The van der Waals surface area contributed by atoms with Crippen LogP contribution in [0.15, 0.2) is 50.9 Å². The zero-order valence-corrected chi connectivity index (χ0v) is 27.8. The predicted molar refractivity (Wildman–Crippen MR) is 177 cm³/mol. The van der Waals surface area contributed by atoms with Gasteiger partial charge >= 0.3 is 11.7 Å².